The molecule has 0 spiro atoms. The number of carbonyl (C=O) groups is 2. The Balaban J connectivity index is 2.22. The van der Waals surface area contributed by atoms with E-state index in [1.165, 1.54) is 12.0 Å². The normalized spacial score (nSPS) is 21.8. The van der Waals surface area contributed by atoms with Crippen LogP contribution in [-0.2, 0) is 14.3 Å². The Labute approximate surface area is 136 Å². The number of amides is 1. The third-order valence-electron chi connectivity index (χ3n) is 4.26. The van der Waals surface area contributed by atoms with Gasteiger partial charge < -0.3 is 19.5 Å². The predicted molar refractivity (Wildman–Crippen MR) is 84.2 cm³/mol. The Morgan fingerprint density at radius 3 is 2.48 bits per heavy atom. The van der Waals surface area contributed by atoms with Gasteiger partial charge in [-0.25, -0.2) is 4.79 Å². The van der Waals surface area contributed by atoms with Gasteiger partial charge in [-0.1, -0.05) is 19.1 Å². The lowest BCUT2D eigenvalue weighted by Gasteiger charge is -2.27. The molecular weight excluding hydrogens is 298 g/mol. The van der Waals surface area contributed by atoms with Crippen molar-refractivity contribution in [3.8, 4) is 5.75 Å². The van der Waals surface area contributed by atoms with Gasteiger partial charge in [-0.2, -0.15) is 0 Å². The average Bonchev–Trinajstić information content (AvgIpc) is 2.97. The first-order valence-corrected chi connectivity index (χ1v) is 7.72. The van der Waals surface area contributed by atoms with Crippen molar-refractivity contribution >= 4 is 11.9 Å². The highest BCUT2D eigenvalue weighted by molar-refractivity contribution is 5.89. The molecule has 1 aliphatic rings. The summed E-state index contributed by atoms with van der Waals surface area (Å²) in [6.45, 7) is 2.08. The number of hydrogen-bond acceptors (Lipinski definition) is 5. The first kappa shape index (κ1) is 17.3. The number of benzene rings is 1. The third-order valence-corrected chi connectivity index (χ3v) is 4.26. The molecule has 126 valence electrons. The molecule has 3 atom stereocenters. The van der Waals surface area contributed by atoms with Crippen molar-refractivity contribution in [3.05, 3.63) is 29.8 Å². The monoisotopic (exact) mass is 321 g/mol. The van der Waals surface area contributed by atoms with Crippen molar-refractivity contribution in [1.82, 2.24) is 4.90 Å². The molecule has 1 saturated heterocycles. The van der Waals surface area contributed by atoms with Crippen molar-refractivity contribution in [3.63, 3.8) is 0 Å². The molecule has 6 heteroatoms. The van der Waals surface area contributed by atoms with Crippen molar-refractivity contribution in [1.29, 1.82) is 0 Å². The number of carbonyl (C=O) groups excluding carboxylic acids is 2. The van der Waals surface area contributed by atoms with Gasteiger partial charge in [0.2, 0.25) is 5.91 Å². The van der Waals surface area contributed by atoms with E-state index in [0.29, 0.717) is 6.42 Å². The maximum absolute atomic E-state index is 12.9. The summed E-state index contributed by atoms with van der Waals surface area (Å²) >= 11 is 0. The smallest absolute Gasteiger partial charge is 0.328 e. The molecule has 2 rings (SSSR count). The molecule has 1 N–H and O–H groups in total. The van der Waals surface area contributed by atoms with E-state index in [-0.39, 0.29) is 24.8 Å². The van der Waals surface area contributed by atoms with Crippen LogP contribution < -0.4 is 4.74 Å². The second kappa shape index (κ2) is 7.46. The lowest BCUT2D eigenvalue weighted by molar-refractivity contribution is -0.151. The molecule has 0 aliphatic carbocycles. The minimum Gasteiger partial charge on any atom is -0.497 e. The largest absolute Gasteiger partial charge is 0.497 e. The van der Waals surface area contributed by atoms with Crippen LogP contribution in [0.15, 0.2) is 24.3 Å². The first-order chi connectivity index (χ1) is 11.0. The zero-order chi connectivity index (χ0) is 17.0. The molecule has 1 fully saturated rings. The van der Waals surface area contributed by atoms with Gasteiger partial charge in [-0.15, -0.1) is 0 Å². The van der Waals surface area contributed by atoms with Gasteiger partial charge in [0.25, 0.3) is 0 Å². The second-order valence-electron chi connectivity index (χ2n) is 5.65. The Bertz CT molecular complexity index is 557. The van der Waals surface area contributed by atoms with E-state index in [9.17, 15) is 14.7 Å². The number of aliphatic hydroxyl groups excluding tert-OH is 1. The standard InChI is InChI=1S/C17H23NO5/c1-4-14(11-5-7-13(22-2)8-6-11)16(20)18-10-12(19)9-15(18)17(21)23-3/h5-8,12,14-15,19H,4,9-10H2,1-3H3/t12-,14?,15+/m1/s1. The number of aliphatic hydroxyl groups is 1. The Morgan fingerprint density at radius 2 is 1.96 bits per heavy atom. The van der Waals surface area contributed by atoms with Gasteiger partial charge in [-0.3, -0.25) is 4.79 Å². The van der Waals surface area contributed by atoms with E-state index in [0.717, 1.165) is 11.3 Å². The molecule has 0 saturated carbocycles. The van der Waals surface area contributed by atoms with Gasteiger partial charge in [0.15, 0.2) is 0 Å². The summed E-state index contributed by atoms with van der Waals surface area (Å²) in [4.78, 5) is 26.2. The Hall–Kier alpha value is -2.08. The van der Waals surface area contributed by atoms with Crippen LogP contribution >= 0.6 is 0 Å². The number of hydrogen-bond donors (Lipinski definition) is 1. The molecule has 0 bridgehead atoms. The lowest BCUT2D eigenvalue weighted by Crippen LogP contribution is -2.43. The van der Waals surface area contributed by atoms with Crippen LogP contribution in [0.3, 0.4) is 0 Å². The number of rotatable bonds is 5. The van der Waals surface area contributed by atoms with E-state index < -0.39 is 18.1 Å². The number of nitrogens with zero attached hydrogens (tertiary/aromatic N) is 1. The summed E-state index contributed by atoms with van der Waals surface area (Å²) in [5, 5.41) is 9.84. The van der Waals surface area contributed by atoms with Gasteiger partial charge in [0, 0.05) is 13.0 Å². The molecule has 1 unspecified atom stereocenters. The van der Waals surface area contributed by atoms with Crippen LogP contribution in [0.5, 0.6) is 5.75 Å². The minimum atomic E-state index is -0.713. The van der Waals surface area contributed by atoms with Crippen LogP contribution in [0, 0.1) is 0 Å². The zero-order valence-electron chi connectivity index (χ0n) is 13.7. The number of esters is 1. The van der Waals surface area contributed by atoms with Crippen molar-refractivity contribution in [2.45, 2.75) is 37.8 Å². The number of methoxy groups -OCH3 is 2. The van der Waals surface area contributed by atoms with Crippen LogP contribution in [0.4, 0.5) is 0 Å². The summed E-state index contributed by atoms with van der Waals surface area (Å²) in [6.07, 6.45) is 0.125. The van der Waals surface area contributed by atoms with E-state index in [1.54, 1.807) is 7.11 Å². The molecule has 0 radical (unpaired) electrons. The van der Waals surface area contributed by atoms with Crippen molar-refractivity contribution in [2.75, 3.05) is 20.8 Å². The summed E-state index contributed by atoms with van der Waals surface area (Å²) in [5.41, 5.74) is 0.864. The summed E-state index contributed by atoms with van der Waals surface area (Å²) in [6, 6.07) is 6.61. The highest BCUT2D eigenvalue weighted by atomic mass is 16.5. The summed E-state index contributed by atoms with van der Waals surface area (Å²) in [5.74, 6) is -0.289. The van der Waals surface area contributed by atoms with Crippen LogP contribution in [-0.4, -0.2) is 54.8 Å². The molecule has 1 amide bonds. The topological polar surface area (TPSA) is 76.1 Å². The van der Waals surface area contributed by atoms with E-state index in [2.05, 4.69) is 0 Å². The fraction of sp³-hybridized carbons (Fsp3) is 0.529. The van der Waals surface area contributed by atoms with E-state index in [1.807, 2.05) is 31.2 Å². The van der Waals surface area contributed by atoms with Gasteiger partial charge in [-0.05, 0) is 24.1 Å². The molecule has 1 aliphatic heterocycles. The second-order valence-corrected chi connectivity index (χ2v) is 5.65. The Kier molecular flexibility index (Phi) is 5.60. The molecule has 6 nitrogen and oxygen atoms in total. The SMILES string of the molecule is CCC(C(=O)N1C[C@H](O)C[C@H]1C(=O)OC)c1ccc(OC)cc1. The van der Waals surface area contributed by atoms with Crippen LogP contribution in [0.1, 0.15) is 31.2 Å². The fourth-order valence-electron chi connectivity index (χ4n) is 3.01. The lowest BCUT2D eigenvalue weighted by atomic mass is 9.94. The van der Waals surface area contributed by atoms with Gasteiger partial charge in [0.05, 0.1) is 26.2 Å². The molecule has 1 heterocycles. The molecular formula is C17H23NO5. The van der Waals surface area contributed by atoms with Gasteiger partial charge >= 0.3 is 5.97 Å². The quantitative estimate of drug-likeness (QED) is 0.828. The maximum atomic E-state index is 12.9. The molecule has 1 aromatic carbocycles. The van der Waals surface area contributed by atoms with Gasteiger partial charge in [0.1, 0.15) is 11.8 Å². The van der Waals surface area contributed by atoms with Crippen LogP contribution in [0.25, 0.3) is 0 Å². The summed E-state index contributed by atoms with van der Waals surface area (Å²) in [7, 11) is 2.88. The fourth-order valence-corrected chi connectivity index (χ4v) is 3.01. The number of ether oxygens (including phenoxy) is 2. The van der Waals surface area contributed by atoms with E-state index >= 15 is 0 Å². The number of β-amino-alcohol motifs (C(OH)–C–C–N with tert-alkyl or cyclic N) is 1. The molecule has 0 aromatic heterocycles. The predicted octanol–water partition coefficient (Wildman–Crippen LogP) is 1.32. The molecule has 1 aromatic rings. The maximum Gasteiger partial charge on any atom is 0.328 e. The van der Waals surface area contributed by atoms with E-state index in [4.69, 9.17) is 9.47 Å². The highest BCUT2D eigenvalue weighted by Gasteiger charge is 2.41. The third kappa shape index (κ3) is 3.64. The van der Waals surface area contributed by atoms with Crippen molar-refractivity contribution in [2.24, 2.45) is 0 Å². The Morgan fingerprint density at radius 1 is 1.30 bits per heavy atom. The minimum absolute atomic E-state index is 0.158. The average molecular weight is 321 g/mol. The zero-order valence-corrected chi connectivity index (χ0v) is 13.7. The van der Waals surface area contributed by atoms with Crippen LogP contribution in [0.2, 0.25) is 0 Å². The number of likely N-dealkylation sites (tertiary alicyclic amines) is 1. The first-order valence-electron chi connectivity index (χ1n) is 7.72. The highest BCUT2D eigenvalue weighted by Crippen LogP contribution is 2.28. The summed E-state index contributed by atoms with van der Waals surface area (Å²) < 4.78 is 9.88. The van der Waals surface area contributed by atoms with Crippen molar-refractivity contribution < 1.29 is 24.2 Å². The molecule has 23 heavy (non-hydrogen) atoms.